The average Bonchev–Trinajstić information content (AvgIpc) is 3.44. The average molecular weight is 404 g/mol. The number of carbonyl (C=O) groups is 2. The molecule has 2 aromatic rings. The SMILES string of the molecule is Cc1noc(C)c1CCNC(=O)C1CCCN1c1nnc(N2CCCC2=O)s1. The van der Waals surface area contributed by atoms with Crippen LogP contribution in [0.5, 0.6) is 0 Å². The van der Waals surface area contributed by atoms with Gasteiger partial charge in [-0.1, -0.05) is 16.5 Å². The summed E-state index contributed by atoms with van der Waals surface area (Å²) in [6, 6.07) is -0.250. The third-order valence-corrected chi connectivity index (χ3v) is 6.35. The van der Waals surface area contributed by atoms with Gasteiger partial charge >= 0.3 is 0 Å². The molecule has 28 heavy (non-hydrogen) atoms. The van der Waals surface area contributed by atoms with Crippen LogP contribution in [-0.2, 0) is 16.0 Å². The molecule has 0 saturated carbocycles. The van der Waals surface area contributed by atoms with Gasteiger partial charge in [0.25, 0.3) is 0 Å². The molecule has 1 unspecified atom stereocenters. The number of aryl methyl sites for hydroxylation is 2. The van der Waals surface area contributed by atoms with Crippen LogP contribution in [0.2, 0.25) is 0 Å². The van der Waals surface area contributed by atoms with Crippen molar-refractivity contribution in [2.75, 3.05) is 29.4 Å². The minimum Gasteiger partial charge on any atom is -0.361 e. The Morgan fingerprint density at radius 1 is 1.25 bits per heavy atom. The zero-order valence-electron chi connectivity index (χ0n) is 16.1. The van der Waals surface area contributed by atoms with E-state index in [4.69, 9.17) is 4.52 Å². The minimum absolute atomic E-state index is 0.00161. The van der Waals surface area contributed by atoms with Gasteiger partial charge in [0, 0.05) is 31.6 Å². The normalized spacial score (nSPS) is 19.6. The monoisotopic (exact) mass is 404 g/mol. The van der Waals surface area contributed by atoms with Gasteiger partial charge in [0.05, 0.1) is 5.69 Å². The Hall–Kier alpha value is -2.49. The Morgan fingerprint density at radius 2 is 2.07 bits per heavy atom. The maximum atomic E-state index is 12.7. The van der Waals surface area contributed by atoms with Crippen molar-refractivity contribution < 1.29 is 14.1 Å². The fourth-order valence-corrected chi connectivity index (χ4v) is 4.80. The van der Waals surface area contributed by atoms with E-state index in [-0.39, 0.29) is 17.9 Å². The third-order valence-electron chi connectivity index (χ3n) is 5.36. The van der Waals surface area contributed by atoms with Gasteiger partial charge in [-0.25, -0.2) is 0 Å². The highest BCUT2D eigenvalue weighted by atomic mass is 32.1. The lowest BCUT2D eigenvalue weighted by Gasteiger charge is -2.22. The second-order valence-corrected chi connectivity index (χ2v) is 8.15. The van der Waals surface area contributed by atoms with Gasteiger partial charge in [0.15, 0.2) is 0 Å². The molecule has 9 nitrogen and oxygen atoms in total. The van der Waals surface area contributed by atoms with Gasteiger partial charge in [-0.05, 0) is 39.5 Å². The van der Waals surface area contributed by atoms with Crippen LogP contribution in [0.15, 0.2) is 4.52 Å². The molecule has 0 aliphatic carbocycles. The molecule has 2 aliphatic heterocycles. The van der Waals surface area contributed by atoms with Gasteiger partial charge in [0.2, 0.25) is 22.1 Å². The zero-order chi connectivity index (χ0) is 19.7. The molecule has 2 saturated heterocycles. The number of nitrogens with zero attached hydrogens (tertiary/aromatic N) is 5. The predicted octanol–water partition coefficient (Wildman–Crippen LogP) is 1.60. The van der Waals surface area contributed by atoms with E-state index in [1.54, 1.807) is 4.90 Å². The Bertz CT molecular complexity index is 859. The largest absolute Gasteiger partial charge is 0.361 e. The smallest absolute Gasteiger partial charge is 0.242 e. The summed E-state index contributed by atoms with van der Waals surface area (Å²) >= 11 is 1.39. The molecule has 4 rings (SSSR count). The van der Waals surface area contributed by atoms with Crippen LogP contribution in [0.25, 0.3) is 0 Å². The Balaban J connectivity index is 1.37. The molecular weight excluding hydrogens is 380 g/mol. The van der Waals surface area contributed by atoms with Crippen molar-refractivity contribution in [3.8, 4) is 0 Å². The zero-order valence-corrected chi connectivity index (χ0v) is 16.9. The summed E-state index contributed by atoms with van der Waals surface area (Å²) in [6.45, 7) is 5.79. The first-order valence-corrected chi connectivity index (χ1v) is 10.5. The van der Waals surface area contributed by atoms with E-state index in [1.807, 2.05) is 18.7 Å². The lowest BCUT2D eigenvalue weighted by atomic mass is 10.1. The molecule has 4 heterocycles. The van der Waals surface area contributed by atoms with E-state index in [0.29, 0.717) is 36.2 Å². The fourth-order valence-electron chi connectivity index (χ4n) is 3.84. The summed E-state index contributed by atoms with van der Waals surface area (Å²) in [5.74, 6) is 0.892. The summed E-state index contributed by atoms with van der Waals surface area (Å²) < 4.78 is 5.17. The molecule has 2 aromatic heterocycles. The van der Waals surface area contributed by atoms with E-state index in [1.165, 1.54) is 11.3 Å². The topological polar surface area (TPSA) is 104 Å². The second-order valence-electron chi connectivity index (χ2n) is 7.21. The van der Waals surface area contributed by atoms with Gasteiger partial charge in [-0.15, -0.1) is 10.2 Å². The number of rotatable bonds is 6. The van der Waals surface area contributed by atoms with E-state index in [9.17, 15) is 9.59 Å². The molecule has 0 radical (unpaired) electrons. The van der Waals surface area contributed by atoms with Crippen LogP contribution in [0.3, 0.4) is 0 Å². The lowest BCUT2D eigenvalue weighted by molar-refractivity contribution is -0.122. The summed E-state index contributed by atoms with van der Waals surface area (Å²) in [5.41, 5.74) is 1.92. The van der Waals surface area contributed by atoms with Crippen molar-refractivity contribution in [2.45, 2.75) is 52.0 Å². The molecule has 1 atom stereocenters. The van der Waals surface area contributed by atoms with Crippen molar-refractivity contribution in [3.05, 3.63) is 17.0 Å². The fraction of sp³-hybridized carbons (Fsp3) is 0.611. The second kappa shape index (κ2) is 7.86. The molecular formula is C18H24N6O3S. The van der Waals surface area contributed by atoms with Gasteiger partial charge in [-0.3, -0.25) is 14.5 Å². The maximum Gasteiger partial charge on any atom is 0.242 e. The number of amides is 2. The number of nitrogens with one attached hydrogen (secondary N) is 1. The summed E-state index contributed by atoms with van der Waals surface area (Å²) in [6.07, 6.45) is 3.83. The molecule has 0 bridgehead atoms. The van der Waals surface area contributed by atoms with Crippen molar-refractivity contribution in [1.29, 1.82) is 0 Å². The minimum atomic E-state index is -0.250. The maximum absolute atomic E-state index is 12.7. The Morgan fingerprint density at radius 3 is 2.79 bits per heavy atom. The number of carbonyl (C=O) groups excluding carboxylic acids is 2. The van der Waals surface area contributed by atoms with E-state index in [2.05, 4.69) is 20.7 Å². The third kappa shape index (κ3) is 3.60. The Labute approximate surface area is 167 Å². The summed E-state index contributed by atoms with van der Waals surface area (Å²) in [5, 5.41) is 16.7. The highest BCUT2D eigenvalue weighted by molar-refractivity contribution is 7.19. The van der Waals surface area contributed by atoms with E-state index < -0.39 is 0 Å². The van der Waals surface area contributed by atoms with Crippen molar-refractivity contribution in [1.82, 2.24) is 20.7 Å². The number of hydrogen-bond donors (Lipinski definition) is 1. The van der Waals surface area contributed by atoms with Crippen LogP contribution >= 0.6 is 11.3 Å². The van der Waals surface area contributed by atoms with Crippen LogP contribution in [0.1, 0.15) is 42.7 Å². The van der Waals surface area contributed by atoms with Gasteiger partial charge < -0.3 is 14.7 Å². The highest BCUT2D eigenvalue weighted by Crippen LogP contribution is 2.33. The first-order valence-electron chi connectivity index (χ1n) is 9.64. The van der Waals surface area contributed by atoms with E-state index >= 15 is 0 Å². The first kappa shape index (κ1) is 18.9. The quantitative estimate of drug-likeness (QED) is 0.780. The van der Waals surface area contributed by atoms with Gasteiger partial charge in [-0.2, -0.15) is 0 Å². The van der Waals surface area contributed by atoms with E-state index in [0.717, 1.165) is 42.8 Å². The number of aromatic nitrogens is 3. The molecule has 2 fully saturated rings. The van der Waals surface area contributed by atoms with Gasteiger partial charge in [0.1, 0.15) is 11.8 Å². The number of hydrogen-bond acceptors (Lipinski definition) is 8. The van der Waals surface area contributed by atoms with Crippen LogP contribution < -0.4 is 15.1 Å². The van der Waals surface area contributed by atoms with Crippen molar-refractivity contribution in [2.24, 2.45) is 0 Å². The lowest BCUT2D eigenvalue weighted by Crippen LogP contribution is -2.44. The molecule has 150 valence electrons. The van der Waals surface area contributed by atoms with Crippen LogP contribution in [0.4, 0.5) is 10.3 Å². The van der Waals surface area contributed by atoms with Crippen LogP contribution in [-0.4, -0.2) is 52.8 Å². The predicted molar refractivity (Wildman–Crippen MR) is 105 cm³/mol. The summed E-state index contributed by atoms with van der Waals surface area (Å²) in [4.78, 5) is 28.4. The Kier molecular flexibility index (Phi) is 5.29. The first-order chi connectivity index (χ1) is 13.5. The van der Waals surface area contributed by atoms with Crippen LogP contribution in [0, 0.1) is 13.8 Å². The molecule has 2 amide bonds. The molecule has 0 spiro atoms. The molecule has 10 heteroatoms. The van der Waals surface area contributed by atoms with Crippen molar-refractivity contribution >= 4 is 33.4 Å². The molecule has 1 N–H and O–H groups in total. The summed E-state index contributed by atoms with van der Waals surface area (Å²) in [7, 11) is 0. The highest BCUT2D eigenvalue weighted by Gasteiger charge is 2.34. The standard InChI is InChI=1S/C18H24N6O3S/c1-11-13(12(2)27-22-11)7-8-19-16(26)14-5-3-9-23(14)17-20-21-18(28-17)24-10-4-6-15(24)25/h14H,3-10H2,1-2H3,(H,19,26). The number of anilines is 2. The van der Waals surface area contributed by atoms with Crippen molar-refractivity contribution in [3.63, 3.8) is 0 Å². The molecule has 0 aromatic carbocycles. The molecule has 2 aliphatic rings.